The van der Waals surface area contributed by atoms with Crippen molar-refractivity contribution in [1.29, 1.82) is 0 Å². The fourth-order valence-electron chi connectivity index (χ4n) is 4.21. The SMILES string of the molecule is O=c1c2ccccc2nc(-c2cc3cc(Cl)ccc3o2)n1N=Cc1cc(I)c(OCc2cccc(F)c2)c(I)c1. The Labute approximate surface area is 259 Å². The van der Waals surface area contributed by atoms with E-state index in [4.69, 9.17) is 25.7 Å². The van der Waals surface area contributed by atoms with Gasteiger partial charge in [0, 0.05) is 10.4 Å². The van der Waals surface area contributed by atoms with Crippen LogP contribution in [0.15, 0.2) is 99.2 Å². The summed E-state index contributed by atoms with van der Waals surface area (Å²) in [6, 6.07) is 24.3. The van der Waals surface area contributed by atoms with Gasteiger partial charge in [0.05, 0.1) is 24.3 Å². The first-order chi connectivity index (χ1) is 19.4. The minimum atomic E-state index is -0.324. The number of rotatable bonds is 6. The summed E-state index contributed by atoms with van der Waals surface area (Å²) in [6.45, 7) is 0.238. The molecule has 6 aromatic rings. The molecule has 0 saturated heterocycles. The monoisotopic (exact) mass is 775 g/mol. The summed E-state index contributed by atoms with van der Waals surface area (Å²) in [7, 11) is 0. The van der Waals surface area contributed by atoms with Crippen molar-refractivity contribution in [1.82, 2.24) is 9.66 Å². The van der Waals surface area contributed by atoms with Crippen LogP contribution in [-0.4, -0.2) is 15.9 Å². The number of para-hydroxylation sites is 1. The zero-order valence-electron chi connectivity index (χ0n) is 20.4. The summed E-state index contributed by atoms with van der Waals surface area (Å²) in [4.78, 5) is 18.3. The van der Waals surface area contributed by atoms with Crippen LogP contribution >= 0.6 is 56.8 Å². The topological polar surface area (TPSA) is 69.6 Å². The molecule has 0 aliphatic heterocycles. The molecule has 0 unspecified atom stereocenters. The van der Waals surface area contributed by atoms with Gasteiger partial charge in [-0.05, 0) is 117 Å². The Morgan fingerprint density at radius 1 is 1.00 bits per heavy atom. The zero-order chi connectivity index (χ0) is 27.8. The van der Waals surface area contributed by atoms with E-state index in [1.54, 1.807) is 54.7 Å². The summed E-state index contributed by atoms with van der Waals surface area (Å²) in [6.07, 6.45) is 1.60. The largest absolute Gasteiger partial charge is 0.487 e. The van der Waals surface area contributed by atoms with Gasteiger partial charge in [0.25, 0.3) is 5.56 Å². The number of furan rings is 1. The summed E-state index contributed by atoms with van der Waals surface area (Å²) < 4.78 is 28.5. The van der Waals surface area contributed by atoms with Gasteiger partial charge in [-0.2, -0.15) is 9.78 Å². The minimum absolute atomic E-state index is 0.238. The molecule has 10 heteroatoms. The molecule has 40 heavy (non-hydrogen) atoms. The number of hydrogen-bond acceptors (Lipinski definition) is 5. The minimum Gasteiger partial charge on any atom is -0.487 e. The third-order valence-corrected chi connectivity index (χ3v) is 7.91. The van der Waals surface area contributed by atoms with E-state index in [-0.39, 0.29) is 23.8 Å². The van der Waals surface area contributed by atoms with Crippen molar-refractivity contribution < 1.29 is 13.5 Å². The van der Waals surface area contributed by atoms with E-state index in [0.29, 0.717) is 33.0 Å². The van der Waals surface area contributed by atoms with Gasteiger partial charge in [0.15, 0.2) is 5.76 Å². The van der Waals surface area contributed by atoms with Crippen molar-refractivity contribution >= 4 is 84.9 Å². The van der Waals surface area contributed by atoms with E-state index >= 15 is 0 Å². The lowest BCUT2D eigenvalue weighted by molar-refractivity contribution is 0.301. The van der Waals surface area contributed by atoms with E-state index in [2.05, 4.69) is 50.3 Å². The number of halogens is 4. The van der Waals surface area contributed by atoms with Gasteiger partial charge in [0.2, 0.25) is 5.82 Å². The number of ether oxygens (including phenoxy) is 1. The second-order valence-corrected chi connectivity index (χ2v) is 11.6. The van der Waals surface area contributed by atoms with E-state index in [1.165, 1.54) is 16.8 Å². The van der Waals surface area contributed by atoms with Gasteiger partial charge in [-0.3, -0.25) is 4.79 Å². The molecule has 0 fully saturated rings. The Morgan fingerprint density at radius 2 is 1.80 bits per heavy atom. The number of benzene rings is 4. The highest BCUT2D eigenvalue weighted by Crippen LogP contribution is 2.31. The van der Waals surface area contributed by atoms with Crippen LogP contribution in [0, 0.1) is 13.0 Å². The highest BCUT2D eigenvalue weighted by Gasteiger charge is 2.17. The van der Waals surface area contributed by atoms with E-state index in [9.17, 15) is 9.18 Å². The normalized spacial score (nSPS) is 11.6. The molecule has 2 heterocycles. The molecule has 0 N–H and O–H groups in total. The van der Waals surface area contributed by atoms with Crippen LogP contribution in [0.4, 0.5) is 4.39 Å². The van der Waals surface area contributed by atoms with E-state index in [0.717, 1.165) is 23.7 Å². The molecule has 0 aliphatic rings. The first kappa shape index (κ1) is 26.9. The molecule has 6 rings (SSSR count). The quantitative estimate of drug-likeness (QED) is 0.126. The van der Waals surface area contributed by atoms with Crippen molar-refractivity contribution in [3.05, 3.63) is 124 Å². The van der Waals surface area contributed by atoms with Crippen LogP contribution in [-0.2, 0) is 6.61 Å². The lowest BCUT2D eigenvalue weighted by Crippen LogP contribution is -2.20. The number of hydrogen-bond donors (Lipinski definition) is 0. The van der Waals surface area contributed by atoms with Gasteiger partial charge >= 0.3 is 0 Å². The predicted molar refractivity (Wildman–Crippen MR) is 172 cm³/mol. The summed E-state index contributed by atoms with van der Waals surface area (Å²) >= 11 is 10.5. The lowest BCUT2D eigenvalue weighted by Gasteiger charge is -2.12. The first-order valence-corrected chi connectivity index (χ1v) is 14.5. The Hall–Kier alpha value is -3.29. The average Bonchev–Trinajstić information content (AvgIpc) is 3.35. The smallest absolute Gasteiger partial charge is 0.282 e. The molecule has 4 aromatic carbocycles. The molecule has 0 saturated carbocycles. The highest BCUT2D eigenvalue weighted by atomic mass is 127. The van der Waals surface area contributed by atoms with Crippen molar-refractivity contribution in [3.8, 4) is 17.3 Å². The second kappa shape index (κ2) is 11.3. The molecule has 0 aliphatic carbocycles. The first-order valence-electron chi connectivity index (χ1n) is 12.0. The molecular weight excluding hydrogens is 759 g/mol. The van der Waals surface area contributed by atoms with Crippen LogP contribution in [0.3, 0.4) is 0 Å². The fourth-order valence-corrected chi connectivity index (χ4v) is 6.52. The van der Waals surface area contributed by atoms with Crippen LogP contribution < -0.4 is 10.3 Å². The van der Waals surface area contributed by atoms with Crippen molar-refractivity contribution in [2.75, 3.05) is 0 Å². The Kier molecular flexibility index (Phi) is 7.60. The van der Waals surface area contributed by atoms with Gasteiger partial charge in [-0.15, -0.1) is 0 Å². The van der Waals surface area contributed by atoms with E-state index in [1.807, 2.05) is 24.3 Å². The summed E-state index contributed by atoms with van der Waals surface area (Å²) in [5, 5.41) is 6.35. The van der Waals surface area contributed by atoms with Gasteiger partial charge in [-0.1, -0.05) is 35.9 Å². The zero-order valence-corrected chi connectivity index (χ0v) is 25.5. The van der Waals surface area contributed by atoms with Gasteiger partial charge in [-0.25, -0.2) is 9.37 Å². The van der Waals surface area contributed by atoms with Crippen LogP contribution in [0.25, 0.3) is 33.5 Å². The molecule has 0 amide bonds. The Morgan fingerprint density at radius 3 is 2.60 bits per heavy atom. The molecule has 0 spiro atoms. The molecule has 6 nitrogen and oxygen atoms in total. The van der Waals surface area contributed by atoms with Gasteiger partial charge < -0.3 is 9.15 Å². The van der Waals surface area contributed by atoms with Gasteiger partial charge in [0.1, 0.15) is 23.8 Å². The molecular formula is C30H17ClFI2N3O3. The molecule has 2 aromatic heterocycles. The molecule has 0 radical (unpaired) electrons. The maximum Gasteiger partial charge on any atom is 0.282 e. The molecule has 0 bridgehead atoms. The maximum absolute atomic E-state index is 13.5. The molecule has 0 atom stereocenters. The van der Waals surface area contributed by atoms with Crippen molar-refractivity contribution in [2.45, 2.75) is 6.61 Å². The van der Waals surface area contributed by atoms with Crippen LogP contribution in [0.5, 0.6) is 5.75 Å². The predicted octanol–water partition coefficient (Wildman–Crippen LogP) is 8.27. The summed E-state index contributed by atoms with van der Waals surface area (Å²) in [5.41, 5.74) is 2.33. The van der Waals surface area contributed by atoms with E-state index < -0.39 is 0 Å². The van der Waals surface area contributed by atoms with Crippen molar-refractivity contribution in [2.24, 2.45) is 5.10 Å². The average molecular weight is 776 g/mol. The molecule has 198 valence electrons. The van der Waals surface area contributed by atoms with Crippen molar-refractivity contribution in [3.63, 3.8) is 0 Å². The number of nitrogens with zero attached hydrogens (tertiary/aromatic N) is 3. The Bertz CT molecular complexity index is 1980. The number of aromatic nitrogens is 2. The Balaban J connectivity index is 1.38. The third-order valence-electron chi connectivity index (χ3n) is 6.07. The van der Waals surface area contributed by atoms with Crippen LogP contribution in [0.1, 0.15) is 11.1 Å². The lowest BCUT2D eigenvalue weighted by atomic mass is 10.2. The fraction of sp³-hybridized carbons (Fsp3) is 0.0333. The van der Waals surface area contributed by atoms with Crippen LogP contribution in [0.2, 0.25) is 5.02 Å². The third kappa shape index (κ3) is 5.50. The second-order valence-electron chi connectivity index (χ2n) is 8.84. The standard InChI is InChI=1S/C30H17ClFI2N3O3/c31-20-8-9-26-19(13-20)14-27(40-26)29-36-25-7-2-1-6-22(25)30(38)37(29)35-15-18-11-23(33)28(24(34)12-18)39-16-17-4-3-5-21(32)10-17/h1-15H,16H2. The maximum atomic E-state index is 13.5. The summed E-state index contributed by atoms with van der Waals surface area (Å²) in [5.74, 6) is 1.05. The highest BCUT2D eigenvalue weighted by molar-refractivity contribution is 14.1. The number of fused-ring (bicyclic) bond motifs is 2.